The maximum atomic E-state index is 10.1. The van der Waals surface area contributed by atoms with Crippen LogP contribution in [-0.2, 0) is 6.42 Å². The van der Waals surface area contributed by atoms with E-state index in [9.17, 15) is 5.11 Å². The predicted octanol–water partition coefficient (Wildman–Crippen LogP) is 3.50. The summed E-state index contributed by atoms with van der Waals surface area (Å²) in [6.07, 6.45) is 3.06. The highest BCUT2D eigenvalue weighted by Gasteiger charge is 2.42. The second-order valence-corrected chi connectivity index (χ2v) is 6.42. The molecule has 114 valence electrons. The average Bonchev–Trinajstić information content (AvgIpc) is 2.89. The van der Waals surface area contributed by atoms with Gasteiger partial charge in [-0.15, -0.1) is 0 Å². The molecule has 1 aromatic carbocycles. The van der Waals surface area contributed by atoms with Crippen molar-refractivity contribution < 1.29 is 5.11 Å². The molecule has 21 heavy (non-hydrogen) atoms. The first kappa shape index (κ1) is 14.6. The van der Waals surface area contributed by atoms with Crippen LogP contribution in [0, 0.1) is 5.41 Å². The van der Waals surface area contributed by atoms with E-state index in [1.54, 1.807) is 0 Å². The van der Waals surface area contributed by atoms with Crippen molar-refractivity contribution in [1.29, 1.82) is 0 Å². The van der Waals surface area contributed by atoms with Crippen molar-refractivity contribution in [1.82, 2.24) is 9.88 Å². The summed E-state index contributed by atoms with van der Waals surface area (Å²) in [6.45, 7) is 5.69. The number of fused-ring (bicyclic) bond motifs is 3. The molecule has 1 unspecified atom stereocenters. The van der Waals surface area contributed by atoms with Crippen molar-refractivity contribution in [3.05, 3.63) is 35.5 Å². The number of hydrogen-bond donors (Lipinski definition) is 2. The number of aromatic amines is 1. The van der Waals surface area contributed by atoms with Crippen LogP contribution in [0.3, 0.4) is 0 Å². The van der Waals surface area contributed by atoms with Gasteiger partial charge in [0.15, 0.2) is 0 Å². The molecule has 3 heteroatoms. The molecule has 0 spiro atoms. The lowest BCUT2D eigenvalue weighted by atomic mass is 9.72. The summed E-state index contributed by atoms with van der Waals surface area (Å²) in [5.74, 6) is 0. The molecule has 2 aromatic rings. The summed E-state index contributed by atoms with van der Waals surface area (Å²) in [4.78, 5) is 6.07. The molecular formula is C18H26N2O. The first-order valence-electron chi connectivity index (χ1n) is 8.07. The van der Waals surface area contributed by atoms with Gasteiger partial charge in [-0.25, -0.2) is 0 Å². The van der Waals surface area contributed by atoms with Crippen molar-refractivity contribution in [2.24, 2.45) is 5.41 Å². The number of hydrogen-bond acceptors (Lipinski definition) is 2. The zero-order chi connectivity index (χ0) is 15.0. The lowest BCUT2D eigenvalue weighted by Gasteiger charge is -2.45. The lowest BCUT2D eigenvalue weighted by molar-refractivity contribution is 0.00894. The van der Waals surface area contributed by atoms with Gasteiger partial charge in [0.25, 0.3) is 0 Å². The maximum absolute atomic E-state index is 10.1. The zero-order valence-electron chi connectivity index (χ0n) is 13.3. The number of likely N-dealkylation sites (N-methyl/N-ethyl adjacent to an activating group) is 1. The highest BCUT2D eigenvalue weighted by molar-refractivity contribution is 5.85. The zero-order valence-corrected chi connectivity index (χ0v) is 13.3. The van der Waals surface area contributed by atoms with Crippen molar-refractivity contribution >= 4 is 10.9 Å². The summed E-state index contributed by atoms with van der Waals surface area (Å²) < 4.78 is 0. The smallest absolute Gasteiger partial charge is 0.0577 e. The summed E-state index contributed by atoms with van der Waals surface area (Å²) in [5.41, 5.74) is 3.93. The van der Waals surface area contributed by atoms with E-state index in [0.717, 1.165) is 25.8 Å². The Labute approximate surface area is 127 Å². The Balaban J connectivity index is 2.19. The van der Waals surface area contributed by atoms with Gasteiger partial charge < -0.3 is 10.1 Å². The van der Waals surface area contributed by atoms with Crippen LogP contribution >= 0.6 is 0 Å². The van der Waals surface area contributed by atoms with Crippen LogP contribution in [0.1, 0.15) is 44.0 Å². The molecule has 0 saturated heterocycles. The number of rotatable bonds is 4. The second-order valence-electron chi connectivity index (χ2n) is 6.42. The van der Waals surface area contributed by atoms with Crippen molar-refractivity contribution in [2.75, 3.05) is 20.2 Å². The van der Waals surface area contributed by atoms with Gasteiger partial charge in [0.05, 0.1) is 12.6 Å². The number of nitrogens with zero attached hydrogens (tertiary/aromatic N) is 1. The van der Waals surface area contributed by atoms with Crippen LogP contribution in [0.4, 0.5) is 0 Å². The quantitative estimate of drug-likeness (QED) is 0.903. The monoisotopic (exact) mass is 286 g/mol. The number of nitrogens with one attached hydrogen (secondary N) is 1. The number of aliphatic hydroxyl groups is 1. The first-order valence-corrected chi connectivity index (χ1v) is 8.07. The Bertz CT molecular complexity index is 619. The average molecular weight is 286 g/mol. The van der Waals surface area contributed by atoms with Crippen molar-refractivity contribution in [2.45, 2.75) is 39.2 Å². The van der Waals surface area contributed by atoms with Crippen LogP contribution in [0.15, 0.2) is 24.3 Å². The molecular weight excluding hydrogens is 260 g/mol. The molecule has 0 fully saturated rings. The maximum Gasteiger partial charge on any atom is 0.0577 e. The normalized spacial score (nSPS) is 19.9. The Kier molecular flexibility index (Phi) is 3.80. The summed E-state index contributed by atoms with van der Waals surface area (Å²) in [5, 5.41) is 11.5. The fraction of sp³-hybridized carbons (Fsp3) is 0.556. The number of aromatic nitrogens is 1. The molecule has 0 saturated carbocycles. The minimum atomic E-state index is -0.0647. The lowest BCUT2D eigenvalue weighted by Crippen LogP contribution is -2.44. The molecule has 2 heterocycles. The van der Waals surface area contributed by atoms with Crippen LogP contribution in [0.25, 0.3) is 10.9 Å². The third kappa shape index (κ3) is 2.11. The molecule has 1 aliphatic heterocycles. The molecule has 0 amide bonds. The van der Waals surface area contributed by atoms with Crippen LogP contribution in [0.5, 0.6) is 0 Å². The Hall–Kier alpha value is -1.32. The van der Waals surface area contributed by atoms with E-state index in [1.807, 2.05) is 0 Å². The van der Waals surface area contributed by atoms with Gasteiger partial charge >= 0.3 is 0 Å². The van der Waals surface area contributed by atoms with Gasteiger partial charge in [-0.3, -0.25) is 4.90 Å². The van der Waals surface area contributed by atoms with Crippen LogP contribution in [-0.4, -0.2) is 35.2 Å². The second kappa shape index (κ2) is 5.47. The summed E-state index contributed by atoms with van der Waals surface area (Å²) in [7, 11) is 2.19. The summed E-state index contributed by atoms with van der Waals surface area (Å²) in [6, 6.07) is 8.84. The largest absolute Gasteiger partial charge is 0.396 e. The van der Waals surface area contributed by atoms with Crippen molar-refractivity contribution in [3.63, 3.8) is 0 Å². The van der Waals surface area contributed by atoms with Crippen LogP contribution < -0.4 is 0 Å². The molecule has 2 N–H and O–H groups in total. The van der Waals surface area contributed by atoms with E-state index in [0.29, 0.717) is 0 Å². The van der Waals surface area contributed by atoms with Gasteiger partial charge in [0.2, 0.25) is 0 Å². The first-order chi connectivity index (χ1) is 10.2. The number of para-hydroxylation sites is 1. The molecule has 1 atom stereocenters. The molecule has 3 nitrogen and oxygen atoms in total. The van der Waals surface area contributed by atoms with E-state index in [1.165, 1.54) is 22.2 Å². The third-order valence-corrected chi connectivity index (χ3v) is 5.58. The van der Waals surface area contributed by atoms with E-state index in [2.05, 4.69) is 55.0 Å². The minimum absolute atomic E-state index is 0.0647. The van der Waals surface area contributed by atoms with Gasteiger partial charge in [-0.05, 0) is 37.9 Å². The molecule has 3 rings (SSSR count). The summed E-state index contributed by atoms with van der Waals surface area (Å²) >= 11 is 0. The molecule has 1 aromatic heterocycles. The predicted molar refractivity (Wildman–Crippen MR) is 87.5 cm³/mol. The number of aliphatic hydroxyl groups excluding tert-OH is 1. The van der Waals surface area contributed by atoms with E-state index >= 15 is 0 Å². The van der Waals surface area contributed by atoms with Gasteiger partial charge in [-0.2, -0.15) is 0 Å². The molecule has 0 radical (unpaired) electrons. The Morgan fingerprint density at radius 3 is 2.67 bits per heavy atom. The highest BCUT2D eigenvalue weighted by Crippen LogP contribution is 2.47. The molecule has 0 aliphatic carbocycles. The van der Waals surface area contributed by atoms with Gasteiger partial charge in [0.1, 0.15) is 0 Å². The standard InChI is InChI=1S/C18H26N2O/c1-4-18(5-2,12-21)17-16-14(10-11-20(17)3)13-8-6-7-9-15(13)19-16/h6-9,17,19,21H,4-5,10-12H2,1-3H3. The topological polar surface area (TPSA) is 39.3 Å². The fourth-order valence-electron chi connectivity index (χ4n) is 4.08. The highest BCUT2D eigenvalue weighted by atomic mass is 16.3. The number of benzene rings is 1. The SMILES string of the molecule is CCC(CC)(CO)C1c2[nH]c3ccccc3c2CCN1C. The van der Waals surface area contributed by atoms with E-state index in [-0.39, 0.29) is 18.1 Å². The Morgan fingerprint density at radius 1 is 1.29 bits per heavy atom. The molecule has 1 aliphatic rings. The fourth-order valence-corrected chi connectivity index (χ4v) is 4.08. The number of H-pyrrole nitrogens is 1. The van der Waals surface area contributed by atoms with Gasteiger partial charge in [-0.1, -0.05) is 32.0 Å². The minimum Gasteiger partial charge on any atom is -0.396 e. The van der Waals surface area contributed by atoms with Crippen molar-refractivity contribution in [3.8, 4) is 0 Å². The van der Waals surface area contributed by atoms with Crippen LogP contribution in [0.2, 0.25) is 0 Å². The van der Waals surface area contributed by atoms with E-state index in [4.69, 9.17) is 0 Å². The van der Waals surface area contributed by atoms with E-state index < -0.39 is 0 Å². The Morgan fingerprint density at radius 2 is 2.00 bits per heavy atom. The molecule has 0 bridgehead atoms. The third-order valence-electron chi connectivity index (χ3n) is 5.58. The van der Waals surface area contributed by atoms with Gasteiger partial charge in [0, 0.05) is 28.6 Å².